The van der Waals surface area contributed by atoms with Crippen molar-refractivity contribution in [3.63, 3.8) is 0 Å². The van der Waals surface area contributed by atoms with Crippen molar-refractivity contribution < 1.29 is 19.4 Å². The van der Waals surface area contributed by atoms with Crippen LogP contribution in [0.5, 0.6) is 0 Å². The molecule has 2 heterocycles. The molecule has 3 aliphatic carbocycles. The molecule has 0 aromatic rings. The molecule has 5 rings (SSSR count). The summed E-state index contributed by atoms with van der Waals surface area (Å²) >= 11 is 0. The van der Waals surface area contributed by atoms with E-state index in [0.717, 1.165) is 63.8 Å². The number of nitrogens with one attached hydrogen (secondary N) is 1. The van der Waals surface area contributed by atoms with E-state index < -0.39 is 5.97 Å². The first-order chi connectivity index (χ1) is 12.1. The first kappa shape index (κ1) is 15.9. The average Bonchev–Trinajstić information content (AvgIpc) is 2.96. The molecule has 2 aliphatic heterocycles. The minimum atomic E-state index is -0.618. The second kappa shape index (κ2) is 5.85. The maximum atomic E-state index is 11.3. The minimum Gasteiger partial charge on any atom is -0.488 e. The Balaban J connectivity index is 1.35. The van der Waals surface area contributed by atoms with Gasteiger partial charge in [-0.1, -0.05) is 6.08 Å². The summed E-state index contributed by atoms with van der Waals surface area (Å²) in [6.07, 6.45) is 11.9. The lowest BCUT2D eigenvalue weighted by molar-refractivity contribution is -0.161. The van der Waals surface area contributed by atoms with Gasteiger partial charge in [0.1, 0.15) is 18.0 Å². The monoisotopic (exact) mass is 345 g/mol. The number of hydrogen-bond donors (Lipinski definition) is 2. The molecule has 0 aromatic carbocycles. The SMILES string of the molecule is O=C(O)C1CCC2(CC=C3C=C4OC5CNCCC5OC4CC32)CC1. The van der Waals surface area contributed by atoms with Crippen LogP contribution in [0.3, 0.4) is 0 Å². The van der Waals surface area contributed by atoms with Crippen LogP contribution in [0, 0.1) is 17.3 Å². The topological polar surface area (TPSA) is 67.8 Å². The first-order valence-electron chi connectivity index (χ1n) is 9.82. The number of fused-ring (bicyclic) bond motifs is 4. The smallest absolute Gasteiger partial charge is 0.306 e. The van der Waals surface area contributed by atoms with Gasteiger partial charge in [-0.15, -0.1) is 0 Å². The molecule has 25 heavy (non-hydrogen) atoms. The van der Waals surface area contributed by atoms with E-state index in [2.05, 4.69) is 17.5 Å². The zero-order valence-electron chi connectivity index (χ0n) is 14.6. The Morgan fingerprint density at radius 2 is 2.08 bits per heavy atom. The van der Waals surface area contributed by atoms with Gasteiger partial charge in [0.05, 0.1) is 12.0 Å². The Hall–Kier alpha value is -1.33. The van der Waals surface area contributed by atoms with Gasteiger partial charge in [0.2, 0.25) is 0 Å². The lowest BCUT2D eigenvalue weighted by atomic mass is 9.61. The Kier molecular flexibility index (Phi) is 3.72. The van der Waals surface area contributed by atoms with Gasteiger partial charge in [0, 0.05) is 6.54 Å². The summed E-state index contributed by atoms with van der Waals surface area (Å²) in [6, 6.07) is 0. The highest BCUT2D eigenvalue weighted by molar-refractivity contribution is 5.70. The van der Waals surface area contributed by atoms with Crippen LogP contribution in [0.2, 0.25) is 0 Å². The number of aliphatic carboxylic acids is 1. The van der Waals surface area contributed by atoms with Crippen LogP contribution in [-0.4, -0.2) is 42.5 Å². The molecule has 136 valence electrons. The third-order valence-electron chi connectivity index (χ3n) is 7.28. The second-order valence-electron chi connectivity index (χ2n) is 8.53. The number of piperidine rings is 1. The maximum absolute atomic E-state index is 11.3. The molecule has 5 nitrogen and oxygen atoms in total. The lowest BCUT2D eigenvalue weighted by Crippen LogP contribution is -2.53. The highest BCUT2D eigenvalue weighted by atomic mass is 16.6. The summed E-state index contributed by atoms with van der Waals surface area (Å²) < 4.78 is 12.7. The molecular formula is C20H27NO4. The largest absolute Gasteiger partial charge is 0.488 e. The highest BCUT2D eigenvalue weighted by Gasteiger charge is 2.51. The van der Waals surface area contributed by atoms with E-state index in [9.17, 15) is 9.90 Å². The fourth-order valence-corrected chi connectivity index (χ4v) is 5.78. The average molecular weight is 345 g/mol. The molecule has 0 bridgehead atoms. The highest BCUT2D eigenvalue weighted by Crippen LogP contribution is 2.57. The summed E-state index contributed by atoms with van der Waals surface area (Å²) in [5.41, 5.74) is 1.67. The fourth-order valence-electron chi connectivity index (χ4n) is 5.78. The molecule has 2 saturated heterocycles. The van der Waals surface area contributed by atoms with Crippen molar-refractivity contribution in [1.82, 2.24) is 5.32 Å². The summed E-state index contributed by atoms with van der Waals surface area (Å²) in [6.45, 7) is 1.88. The quantitative estimate of drug-likeness (QED) is 0.765. The van der Waals surface area contributed by atoms with Crippen LogP contribution >= 0.6 is 0 Å². The Labute approximate surface area is 148 Å². The van der Waals surface area contributed by atoms with Gasteiger partial charge >= 0.3 is 5.97 Å². The van der Waals surface area contributed by atoms with Crippen molar-refractivity contribution in [2.75, 3.05) is 13.1 Å². The number of hydrogen-bond acceptors (Lipinski definition) is 4. The zero-order valence-corrected chi connectivity index (χ0v) is 14.6. The number of carboxylic acids is 1. The molecule has 0 radical (unpaired) electrons. The van der Waals surface area contributed by atoms with Crippen LogP contribution in [0.4, 0.5) is 0 Å². The number of carboxylic acid groups (broad SMARTS) is 1. The number of allylic oxidation sites excluding steroid dienone is 3. The van der Waals surface area contributed by atoms with Crippen molar-refractivity contribution in [3.05, 3.63) is 23.5 Å². The van der Waals surface area contributed by atoms with Gasteiger partial charge < -0.3 is 19.9 Å². The molecule has 4 atom stereocenters. The molecule has 2 N–H and O–H groups in total. The van der Waals surface area contributed by atoms with Crippen LogP contribution in [-0.2, 0) is 14.3 Å². The van der Waals surface area contributed by atoms with E-state index in [1.54, 1.807) is 0 Å². The predicted octanol–water partition coefficient (Wildman–Crippen LogP) is 2.63. The van der Waals surface area contributed by atoms with E-state index >= 15 is 0 Å². The fraction of sp³-hybridized carbons (Fsp3) is 0.750. The summed E-state index contributed by atoms with van der Waals surface area (Å²) in [5.74, 6) is 0.767. The Morgan fingerprint density at radius 1 is 1.24 bits per heavy atom. The van der Waals surface area contributed by atoms with E-state index in [0.29, 0.717) is 5.92 Å². The Morgan fingerprint density at radius 3 is 2.88 bits per heavy atom. The molecule has 4 unspecified atom stereocenters. The van der Waals surface area contributed by atoms with Gasteiger partial charge in [-0.2, -0.15) is 0 Å². The molecular weight excluding hydrogens is 318 g/mol. The van der Waals surface area contributed by atoms with Crippen LogP contribution < -0.4 is 5.32 Å². The molecule has 1 spiro atoms. The van der Waals surface area contributed by atoms with Gasteiger partial charge in [-0.25, -0.2) is 0 Å². The van der Waals surface area contributed by atoms with Gasteiger partial charge in [0.25, 0.3) is 0 Å². The third kappa shape index (κ3) is 2.55. The van der Waals surface area contributed by atoms with E-state index in [4.69, 9.17) is 9.47 Å². The van der Waals surface area contributed by atoms with E-state index in [1.807, 2.05) is 0 Å². The van der Waals surface area contributed by atoms with Crippen molar-refractivity contribution in [3.8, 4) is 0 Å². The third-order valence-corrected chi connectivity index (χ3v) is 7.28. The summed E-state index contributed by atoms with van der Waals surface area (Å²) in [7, 11) is 0. The first-order valence-corrected chi connectivity index (χ1v) is 9.82. The van der Waals surface area contributed by atoms with Gasteiger partial charge in [-0.05, 0) is 74.5 Å². The second-order valence-corrected chi connectivity index (χ2v) is 8.53. The maximum Gasteiger partial charge on any atom is 0.306 e. The number of rotatable bonds is 1. The van der Waals surface area contributed by atoms with Crippen molar-refractivity contribution in [2.45, 2.75) is 63.3 Å². The lowest BCUT2D eigenvalue weighted by Gasteiger charge is -2.48. The predicted molar refractivity (Wildman–Crippen MR) is 91.9 cm³/mol. The normalized spacial score (nSPS) is 45.5. The van der Waals surface area contributed by atoms with Crippen molar-refractivity contribution >= 4 is 5.97 Å². The van der Waals surface area contributed by atoms with Gasteiger partial charge in [0.15, 0.2) is 0 Å². The molecule has 5 aliphatic rings. The zero-order chi connectivity index (χ0) is 17.0. The molecule has 1 saturated carbocycles. The van der Waals surface area contributed by atoms with Crippen LogP contribution in [0.15, 0.2) is 23.5 Å². The summed E-state index contributed by atoms with van der Waals surface area (Å²) in [4.78, 5) is 11.3. The van der Waals surface area contributed by atoms with Crippen molar-refractivity contribution in [1.29, 1.82) is 0 Å². The van der Waals surface area contributed by atoms with Crippen molar-refractivity contribution in [2.24, 2.45) is 17.3 Å². The number of ether oxygens (including phenoxy) is 2. The minimum absolute atomic E-state index is 0.0914. The molecule has 3 fully saturated rings. The molecule has 5 heteroatoms. The molecule has 0 aromatic heterocycles. The van der Waals surface area contributed by atoms with Crippen LogP contribution in [0.1, 0.15) is 44.9 Å². The van der Waals surface area contributed by atoms with E-state index in [-0.39, 0.29) is 29.6 Å². The molecule has 0 amide bonds. The Bertz CT molecular complexity index is 632. The summed E-state index contributed by atoms with van der Waals surface area (Å²) in [5, 5.41) is 12.7. The van der Waals surface area contributed by atoms with E-state index in [1.165, 1.54) is 5.57 Å². The number of carbonyl (C=O) groups is 1. The van der Waals surface area contributed by atoms with Crippen LogP contribution in [0.25, 0.3) is 0 Å². The standard InChI is InChI=1S/C20H27NO4/c22-19(23)12-1-5-20(6-2-12)7-3-13-9-16-17(10-14(13)20)24-15-4-8-21-11-18(15)25-16/h3,9,12,14-15,17-18,21H,1-2,4-8,10-11H2,(H,22,23). The van der Waals surface area contributed by atoms with Gasteiger partial charge in [-0.3, -0.25) is 4.79 Å².